The fourth-order valence-electron chi connectivity index (χ4n) is 3.68. The lowest BCUT2D eigenvalue weighted by atomic mass is 9.66. The van der Waals surface area contributed by atoms with E-state index in [0.717, 1.165) is 43.3 Å². The van der Waals surface area contributed by atoms with E-state index in [1.54, 1.807) is 0 Å². The van der Waals surface area contributed by atoms with E-state index < -0.39 is 0 Å². The zero-order chi connectivity index (χ0) is 10.7. The van der Waals surface area contributed by atoms with Gasteiger partial charge in [-0.25, -0.2) is 0 Å². The maximum Gasteiger partial charge on any atom is 0.00956 e. The predicted molar refractivity (Wildman–Crippen MR) is 64.7 cm³/mol. The minimum atomic E-state index is 0.801. The topological polar surface area (TPSA) is 38.0 Å². The molecule has 0 saturated heterocycles. The summed E-state index contributed by atoms with van der Waals surface area (Å²) in [5.41, 5.74) is 5.53. The quantitative estimate of drug-likeness (QED) is 0.698. The van der Waals surface area contributed by atoms with E-state index in [1.807, 2.05) is 0 Å². The van der Waals surface area contributed by atoms with Gasteiger partial charge < -0.3 is 11.1 Å². The van der Waals surface area contributed by atoms with E-state index in [-0.39, 0.29) is 0 Å². The highest BCUT2D eigenvalue weighted by molar-refractivity contribution is 4.90. The highest BCUT2D eigenvalue weighted by Crippen LogP contribution is 2.42. The van der Waals surface area contributed by atoms with Gasteiger partial charge in [0, 0.05) is 6.04 Å². The fraction of sp³-hybridized carbons (Fsp3) is 1.00. The zero-order valence-corrected chi connectivity index (χ0v) is 10.0. The fourth-order valence-corrected chi connectivity index (χ4v) is 3.68. The molecule has 0 aliphatic heterocycles. The van der Waals surface area contributed by atoms with Crippen LogP contribution < -0.4 is 11.1 Å². The summed E-state index contributed by atoms with van der Waals surface area (Å²) in [6.07, 6.45) is 8.43. The first-order valence-corrected chi connectivity index (χ1v) is 6.73. The van der Waals surface area contributed by atoms with Gasteiger partial charge >= 0.3 is 0 Å². The first kappa shape index (κ1) is 11.4. The molecule has 0 spiro atoms. The Morgan fingerprint density at radius 1 is 1.20 bits per heavy atom. The number of rotatable bonds is 4. The van der Waals surface area contributed by atoms with Gasteiger partial charge in [0.2, 0.25) is 0 Å². The molecule has 2 heteroatoms. The Morgan fingerprint density at radius 2 is 2.07 bits per heavy atom. The molecule has 2 aliphatic carbocycles. The van der Waals surface area contributed by atoms with Crippen molar-refractivity contribution in [3.63, 3.8) is 0 Å². The van der Waals surface area contributed by atoms with Crippen molar-refractivity contribution in [3.05, 3.63) is 0 Å². The van der Waals surface area contributed by atoms with Crippen molar-refractivity contribution in [2.45, 2.75) is 51.5 Å². The van der Waals surface area contributed by atoms with Crippen molar-refractivity contribution in [2.75, 3.05) is 13.1 Å². The molecule has 2 fully saturated rings. The predicted octanol–water partition coefficient (Wildman–Crippen LogP) is 2.14. The van der Waals surface area contributed by atoms with E-state index in [9.17, 15) is 0 Å². The molecule has 4 atom stereocenters. The minimum absolute atomic E-state index is 0.801. The summed E-state index contributed by atoms with van der Waals surface area (Å²) in [6.45, 7) is 4.38. The molecule has 0 aromatic rings. The lowest BCUT2D eigenvalue weighted by Gasteiger charge is -2.43. The number of hydrogen-bond acceptors (Lipinski definition) is 2. The van der Waals surface area contributed by atoms with Gasteiger partial charge in [-0.2, -0.15) is 0 Å². The maximum atomic E-state index is 5.53. The summed E-state index contributed by atoms with van der Waals surface area (Å²) < 4.78 is 0. The average molecular weight is 210 g/mol. The van der Waals surface area contributed by atoms with Crippen molar-refractivity contribution in [1.29, 1.82) is 0 Å². The lowest BCUT2D eigenvalue weighted by Crippen LogP contribution is -2.44. The summed E-state index contributed by atoms with van der Waals surface area (Å²) >= 11 is 0. The Morgan fingerprint density at radius 3 is 2.87 bits per heavy atom. The zero-order valence-electron chi connectivity index (χ0n) is 10.0. The van der Waals surface area contributed by atoms with Gasteiger partial charge in [-0.1, -0.05) is 6.92 Å². The second-order valence-electron chi connectivity index (χ2n) is 5.72. The Labute approximate surface area is 94.0 Å². The van der Waals surface area contributed by atoms with Crippen LogP contribution in [0.25, 0.3) is 0 Å². The summed E-state index contributed by atoms with van der Waals surface area (Å²) in [4.78, 5) is 0. The van der Waals surface area contributed by atoms with Crippen molar-refractivity contribution < 1.29 is 0 Å². The van der Waals surface area contributed by atoms with E-state index in [0.29, 0.717) is 0 Å². The first-order chi connectivity index (χ1) is 7.29. The van der Waals surface area contributed by atoms with Gasteiger partial charge in [0.05, 0.1) is 0 Å². The molecular formula is C13H26N2. The molecule has 0 heterocycles. The summed E-state index contributed by atoms with van der Waals surface area (Å²) in [6, 6.07) is 0.801. The third kappa shape index (κ3) is 2.94. The van der Waals surface area contributed by atoms with Gasteiger partial charge in [-0.3, -0.25) is 0 Å². The molecule has 0 aromatic heterocycles. The molecule has 0 aromatic carbocycles. The van der Waals surface area contributed by atoms with Crippen LogP contribution in [-0.4, -0.2) is 19.1 Å². The van der Waals surface area contributed by atoms with Gasteiger partial charge in [-0.05, 0) is 69.4 Å². The summed E-state index contributed by atoms with van der Waals surface area (Å²) in [5.74, 6) is 2.98. The molecule has 2 rings (SSSR count). The largest absolute Gasteiger partial charge is 0.330 e. The number of nitrogens with one attached hydrogen (secondary N) is 1. The Kier molecular flexibility index (Phi) is 4.04. The number of fused-ring (bicyclic) bond motifs is 2. The molecule has 2 aliphatic rings. The molecule has 15 heavy (non-hydrogen) atoms. The Hall–Kier alpha value is -0.0800. The van der Waals surface area contributed by atoms with E-state index >= 15 is 0 Å². The van der Waals surface area contributed by atoms with Crippen LogP contribution in [0.2, 0.25) is 0 Å². The normalized spacial score (nSPS) is 40.4. The minimum Gasteiger partial charge on any atom is -0.330 e. The van der Waals surface area contributed by atoms with Gasteiger partial charge in [0.1, 0.15) is 0 Å². The highest BCUT2D eigenvalue weighted by atomic mass is 14.9. The molecule has 0 amide bonds. The van der Waals surface area contributed by atoms with E-state index in [4.69, 9.17) is 5.73 Å². The van der Waals surface area contributed by atoms with Gasteiger partial charge in [0.15, 0.2) is 0 Å². The molecule has 0 radical (unpaired) electrons. The van der Waals surface area contributed by atoms with Crippen LogP contribution in [0, 0.1) is 17.8 Å². The third-order valence-electron chi connectivity index (χ3n) is 4.32. The molecule has 4 unspecified atom stereocenters. The highest BCUT2D eigenvalue weighted by Gasteiger charge is 2.35. The monoisotopic (exact) mass is 210 g/mol. The summed E-state index contributed by atoms with van der Waals surface area (Å²) in [5, 5.41) is 3.72. The second-order valence-corrected chi connectivity index (χ2v) is 5.72. The smallest absolute Gasteiger partial charge is 0.00956 e. The van der Waals surface area contributed by atoms with Gasteiger partial charge in [-0.15, -0.1) is 0 Å². The second kappa shape index (κ2) is 5.31. The summed E-state index contributed by atoms with van der Waals surface area (Å²) in [7, 11) is 0. The van der Waals surface area contributed by atoms with Crippen molar-refractivity contribution in [2.24, 2.45) is 23.5 Å². The van der Waals surface area contributed by atoms with Crippen LogP contribution in [0.5, 0.6) is 0 Å². The van der Waals surface area contributed by atoms with E-state index in [2.05, 4.69) is 12.2 Å². The van der Waals surface area contributed by atoms with Gasteiger partial charge in [0.25, 0.3) is 0 Å². The van der Waals surface area contributed by atoms with E-state index in [1.165, 1.54) is 32.1 Å². The Balaban J connectivity index is 1.80. The third-order valence-corrected chi connectivity index (χ3v) is 4.32. The maximum absolute atomic E-state index is 5.53. The molecule has 3 N–H and O–H groups in total. The van der Waals surface area contributed by atoms with Crippen molar-refractivity contribution in [1.82, 2.24) is 5.32 Å². The van der Waals surface area contributed by atoms with Crippen molar-refractivity contribution in [3.8, 4) is 0 Å². The standard InChI is InChI=1S/C13H26N2/c1-10-7-11-3-4-13(12(8-10)9-11)15-6-2-5-14/h10-13,15H,2-9,14H2,1H3. The van der Waals surface area contributed by atoms with Crippen LogP contribution in [0.3, 0.4) is 0 Å². The van der Waals surface area contributed by atoms with Crippen LogP contribution in [0.1, 0.15) is 45.4 Å². The van der Waals surface area contributed by atoms with Crippen molar-refractivity contribution >= 4 is 0 Å². The molecule has 88 valence electrons. The molecule has 2 nitrogen and oxygen atoms in total. The molecule has 2 saturated carbocycles. The first-order valence-electron chi connectivity index (χ1n) is 6.73. The molecular weight excluding hydrogens is 184 g/mol. The Bertz CT molecular complexity index is 191. The number of nitrogens with two attached hydrogens (primary N) is 1. The number of hydrogen-bond donors (Lipinski definition) is 2. The van der Waals surface area contributed by atoms with Crippen LogP contribution in [-0.2, 0) is 0 Å². The van der Waals surface area contributed by atoms with Crippen LogP contribution in [0.15, 0.2) is 0 Å². The lowest BCUT2D eigenvalue weighted by molar-refractivity contribution is 0.109. The molecule has 2 bridgehead atoms. The SMILES string of the molecule is CC1CC2CCC(NCCCN)C(C1)C2. The van der Waals surface area contributed by atoms with Crippen LogP contribution in [0.4, 0.5) is 0 Å². The van der Waals surface area contributed by atoms with Crippen LogP contribution >= 0.6 is 0 Å². The average Bonchev–Trinajstić information content (AvgIpc) is 2.21.